The van der Waals surface area contributed by atoms with Crippen LogP contribution in [0.25, 0.3) is 0 Å². The summed E-state index contributed by atoms with van der Waals surface area (Å²) in [5.74, 6) is 0.492. The quantitative estimate of drug-likeness (QED) is 0.935. The van der Waals surface area contributed by atoms with E-state index in [1.54, 1.807) is 6.07 Å². The van der Waals surface area contributed by atoms with Crippen LogP contribution < -0.4 is 10.2 Å². The second-order valence-corrected chi connectivity index (χ2v) is 6.12. The number of aryl methyl sites for hydroxylation is 2. The molecule has 0 saturated carbocycles. The van der Waals surface area contributed by atoms with Crippen LogP contribution in [0.15, 0.2) is 22.7 Å². The number of hydrogen-bond acceptors (Lipinski definition) is 4. The molecule has 1 fully saturated rings. The van der Waals surface area contributed by atoms with E-state index >= 15 is 0 Å². The molecule has 3 rings (SSSR count). The predicted molar refractivity (Wildman–Crippen MR) is 84.8 cm³/mol. The van der Waals surface area contributed by atoms with Crippen molar-refractivity contribution in [2.75, 3.05) is 18.0 Å². The molecule has 2 heterocycles. The number of aromatic nitrogens is 1. The van der Waals surface area contributed by atoms with Gasteiger partial charge in [0.05, 0.1) is 10.7 Å². The molecule has 0 amide bonds. The summed E-state index contributed by atoms with van der Waals surface area (Å²) in [5.41, 5.74) is 2.93. The van der Waals surface area contributed by atoms with Crippen LogP contribution in [0.4, 0.5) is 10.1 Å². The van der Waals surface area contributed by atoms with Gasteiger partial charge < -0.3 is 14.7 Å². The molecule has 2 aromatic rings. The van der Waals surface area contributed by atoms with Crippen molar-refractivity contribution in [3.8, 4) is 0 Å². The summed E-state index contributed by atoms with van der Waals surface area (Å²) in [7, 11) is 0. The van der Waals surface area contributed by atoms with Crippen molar-refractivity contribution in [3.63, 3.8) is 0 Å². The van der Waals surface area contributed by atoms with Crippen molar-refractivity contribution in [1.29, 1.82) is 0 Å². The second-order valence-electron chi connectivity index (χ2n) is 5.71. The molecule has 0 spiro atoms. The minimum absolute atomic E-state index is 0.163. The lowest BCUT2D eigenvalue weighted by molar-refractivity contribution is 0.391. The van der Waals surface area contributed by atoms with E-state index in [0.717, 1.165) is 48.8 Å². The van der Waals surface area contributed by atoms with Crippen LogP contribution in [0.2, 0.25) is 5.02 Å². The molecule has 4 nitrogen and oxygen atoms in total. The van der Waals surface area contributed by atoms with E-state index in [2.05, 4.69) is 15.4 Å². The van der Waals surface area contributed by atoms with Gasteiger partial charge in [-0.3, -0.25) is 0 Å². The summed E-state index contributed by atoms with van der Waals surface area (Å²) in [5, 5.41) is 7.66. The molecule has 1 atom stereocenters. The number of nitrogens with zero attached hydrogens (tertiary/aromatic N) is 2. The molecule has 0 aliphatic carbocycles. The van der Waals surface area contributed by atoms with E-state index in [1.165, 1.54) is 6.07 Å². The first kappa shape index (κ1) is 15.3. The van der Waals surface area contributed by atoms with Gasteiger partial charge in [0.1, 0.15) is 11.6 Å². The van der Waals surface area contributed by atoms with Gasteiger partial charge in [0.15, 0.2) is 0 Å². The molecule has 118 valence electrons. The summed E-state index contributed by atoms with van der Waals surface area (Å²) in [6.45, 7) is 6.37. The Morgan fingerprint density at radius 1 is 1.45 bits per heavy atom. The lowest BCUT2D eigenvalue weighted by Crippen LogP contribution is -2.32. The van der Waals surface area contributed by atoms with Gasteiger partial charge in [-0.05, 0) is 38.5 Å². The van der Waals surface area contributed by atoms with Crippen LogP contribution in [0.1, 0.15) is 23.4 Å². The monoisotopic (exact) mass is 323 g/mol. The van der Waals surface area contributed by atoms with Crippen LogP contribution >= 0.6 is 11.6 Å². The number of benzene rings is 1. The van der Waals surface area contributed by atoms with Crippen LogP contribution in [-0.4, -0.2) is 24.3 Å². The van der Waals surface area contributed by atoms with E-state index in [0.29, 0.717) is 6.04 Å². The number of anilines is 1. The highest BCUT2D eigenvalue weighted by Crippen LogP contribution is 2.25. The number of halogens is 2. The van der Waals surface area contributed by atoms with Crippen LogP contribution in [0.3, 0.4) is 0 Å². The van der Waals surface area contributed by atoms with Crippen LogP contribution in [0, 0.1) is 19.7 Å². The van der Waals surface area contributed by atoms with Gasteiger partial charge in [-0.2, -0.15) is 0 Å². The van der Waals surface area contributed by atoms with Crippen molar-refractivity contribution in [2.24, 2.45) is 0 Å². The van der Waals surface area contributed by atoms with Crippen LogP contribution in [0.5, 0.6) is 0 Å². The summed E-state index contributed by atoms with van der Waals surface area (Å²) in [4.78, 5) is 2.17. The Labute approximate surface area is 134 Å². The third kappa shape index (κ3) is 3.10. The third-order valence-electron chi connectivity index (χ3n) is 4.21. The minimum Gasteiger partial charge on any atom is -0.370 e. The van der Waals surface area contributed by atoms with Crippen molar-refractivity contribution in [1.82, 2.24) is 10.5 Å². The summed E-state index contributed by atoms with van der Waals surface area (Å²) < 4.78 is 18.7. The highest BCUT2D eigenvalue weighted by Gasteiger charge is 2.23. The maximum atomic E-state index is 13.6. The Balaban J connectivity index is 1.59. The Kier molecular flexibility index (Phi) is 4.36. The van der Waals surface area contributed by atoms with Crippen LogP contribution in [-0.2, 0) is 6.54 Å². The molecule has 22 heavy (non-hydrogen) atoms. The molecule has 6 heteroatoms. The fourth-order valence-electron chi connectivity index (χ4n) is 2.84. The largest absolute Gasteiger partial charge is 0.370 e. The van der Waals surface area contributed by atoms with Gasteiger partial charge in [0.2, 0.25) is 0 Å². The van der Waals surface area contributed by atoms with E-state index < -0.39 is 0 Å². The van der Waals surface area contributed by atoms with Gasteiger partial charge in [-0.25, -0.2) is 4.39 Å². The highest BCUT2D eigenvalue weighted by molar-refractivity contribution is 6.30. The number of nitrogens with one attached hydrogen (secondary N) is 1. The van der Waals surface area contributed by atoms with Gasteiger partial charge in [0.25, 0.3) is 0 Å². The van der Waals surface area contributed by atoms with Gasteiger partial charge >= 0.3 is 0 Å². The third-order valence-corrected chi connectivity index (χ3v) is 4.51. The molecule has 1 aliphatic heterocycles. The summed E-state index contributed by atoms with van der Waals surface area (Å²) in [6.07, 6.45) is 1.02. The summed E-state index contributed by atoms with van der Waals surface area (Å²) in [6, 6.07) is 5.34. The van der Waals surface area contributed by atoms with Crippen molar-refractivity contribution < 1.29 is 8.91 Å². The lowest BCUT2D eigenvalue weighted by Gasteiger charge is -2.19. The van der Waals surface area contributed by atoms with Gasteiger partial charge in [-0.15, -0.1) is 0 Å². The maximum absolute atomic E-state index is 13.6. The predicted octanol–water partition coefficient (Wildman–Crippen LogP) is 3.45. The summed E-state index contributed by atoms with van der Waals surface area (Å²) >= 11 is 5.73. The second kappa shape index (κ2) is 6.26. The first-order chi connectivity index (χ1) is 10.5. The molecule has 1 aliphatic rings. The van der Waals surface area contributed by atoms with Crippen molar-refractivity contribution in [2.45, 2.75) is 32.9 Å². The zero-order valence-electron chi connectivity index (χ0n) is 12.7. The topological polar surface area (TPSA) is 41.3 Å². The number of hydrogen-bond donors (Lipinski definition) is 1. The molecule has 1 saturated heterocycles. The Morgan fingerprint density at radius 2 is 2.27 bits per heavy atom. The maximum Gasteiger partial charge on any atom is 0.143 e. The SMILES string of the molecule is Cc1noc(C)c1CN[C@@H]1CCN(c2ccc(Cl)c(F)c2)C1. The molecule has 1 aromatic heterocycles. The van der Waals surface area contributed by atoms with Crippen molar-refractivity contribution in [3.05, 3.63) is 46.1 Å². The molecule has 1 aromatic carbocycles. The normalized spacial score (nSPS) is 18.2. The van der Waals surface area contributed by atoms with E-state index in [-0.39, 0.29) is 10.8 Å². The van der Waals surface area contributed by atoms with E-state index in [9.17, 15) is 4.39 Å². The van der Waals surface area contributed by atoms with Gasteiger partial charge in [0, 0.05) is 36.9 Å². The average molecular weight is 324 g/mol. The zero-order valence-corrected chi connectivity index (χ0v) is 13.5. The average Bonchev–Trinajstić information content (AvgIpc) is 3.08. The fraction of sp³-hybridized carbons (Fsp3) is 0.438. The first-order valence-electron chi connectivity index (χ1n) is 7.39. The molecular formula is C16H19ClFN3O. The van der Waals surface area contributed by atoms with Gasteiger partial charge in [-0.1, -0.05) is 16.8 Å². The Bertz CT molecular complexity index is 654. The zero-order chi connectivity index (χ0) is 15.7. The number of rotatable bonds is 4. The molecule has 0 bridgehead atoms. The Hall–Kier alpha value is -1.59. The highest BCUT2D eigenvalue weighted by atomic mass is 35.5. The standard InChI is InChI=1S/C16H19ClFN3O/c1-10-14(11(2)22-20-10)8-19-12-5-6-21(9-12)13-3-4-15(17)16(18)7-13/h3-4,7,12,19H,5-6,8-9H2,1-2H3/t12-/m1/s1. The van der Waals surface area contributed by atoms with Crippen molar-refractivity contribution >= 4 is 17.3 Å². The Morgan fingerprint density at radius 3 is 2.95 bits per heavy atom. The first-order valence-corrected chi connectivity index (χ1v) is 7.77. The molecule has 0 radical (unpaired) electrons. The van der Waals surface area contributed by atoms with E-state index in [4.69, 9.17) is 16.1 Å². The lowest BCUT2D eigenvalue weighted by atomic mass is 10.2. The molecule has 1 N–H and O–H groups in total. The smallest absolute Gasteiger partial charge is 0.143 e. The minimum atomic E-state index is -0.369. The fourth-order valence-corrected chi connectivity index (χ4v) is 2.96. The molecular weight excluding hydrogens is 305 g/mol. The van der Waals surface area contributed by atoms with E-state index in [1.807, 2.05) is 19.9 Å². The molecule has 0 unspecified atom stereocenters.